The molecule has 3 aliphatic rings. The minimum Gasteiger partial charge on any atom is -0.327 e. The number of rotatable bonds is 1. The van der Waals surface area contributed by atoms with Crippen LogP contribution in [0.2, 0.25) is 10.0 Å². The van der Waals surface area contributed by atoms with Gasteiger partial charge in [-0.15, -0.1) is 0 Å². The molecule has 4 rings (SSSR count). The Bertz CT molecular complexity index is 605. The highest BCUT2D eigenvalue weighted by Gasteiger charge is 2.57. The summed E-state index contributed by atoms with van der Waals surface area (Å²) in [7, 11) is 0. The van der Waals surface area contributed by atoms with Crippen molar-refractivity contribution < 1.29 is 4.79 Å². The molecule has 1 aromatic rings. The van der Waals surface area contributed by atoms with E-state index in [-0.39, 0.29) is 17.9 Å². The van der Waals surface area contributed by atoms with Crippen molar-refractivity contribution in [3.8, 4) is 0 Å². The van der Waals surface area contributed by atoms with E-state index >= 15 is 0 Å². The fourth-order valence-electron chi connectivity index (χ4n) is 3.84. The topological polar surface area (TPSA) is 47.4 Å². The Kier molecular flexibility index (Phi) is 2.57. The van der Waals surface area contributed by atoms with E-state index in [2.05, 4.69) is 0 Å². The zero-order valence-electron chi connectivity index (χ0n) is 10.6. The Morgan fingerprint density at radius 1 is 1.20 bits per heavy atom. The molecule has 1 aromatic carbocycles. The van der Waals surface area contributed by atoms with E-state index in [4.69, 9.17) is 28.6 Å². The highest BCUT2D eigenvalue weighted by Crippen LogP contribution is 2.47. The number of carbonyl (C=O) groups is 1. The van der Waals surface area contributed by atoms with Gasteiger partial charge in [0.2, 0.25) is 5.96 Å². The minimum atomic E-state index is -0.143. The number of hydrogen-bond donors (Lipinski definition) is 1. The fraction of sp³-hybridized carbons (Fsp3) is 0.429. The maximum absolute atomic E-state index is 12.7. The lowest BCUT2D eigenvalue weighted by molar-refractivity contribution is -0.120. The molecule has 2 aliphatic heterocycles. The van der Waals surface area contributed by atoms with Gasteiger partial charge in [-0.2, -0.15) is 0 Å². The molecule has 1 amide bonds. The molecule has 0 unspecified atom stereocenters. The van der Waals surface area contributed by atoms with E-state index in [0.29, 0.717) is 27.7 Å². The van der Waals surface area contributed by atoms with E-state index in [9.17, 15) is 4.79 Å². The van der Waals surface area contributed by atoms with E-state index in [1.54, 1.807) is 18.2 Å². The summed E-state index contributed by atoms with van der Waals surface area (Å²) in [6.07, 6.45) is 3.24. The van der Waals surface area contributed by atoms with Crippen LogP contribution in [0.3, 0.4) is 0 Å². The molecule has 2 heterocycles. The molecular formula is C14H13Cl2N3O. The number of piperidine rings is 1. The van der Waals surface area contributed by atoms with E-state index in [1.807, 2.05) is 4.90 Å². The van der Waals surface area contributed by atoms with Gasteiger partial charge in [-0.05, 0) is 43.4 Å². The van der Waals surface area contributed by atoms with Gasteiger partial charge in [0, 0.05) is 6.04 Å². The zero-order valence-corrected chi connectivity index (χ0v) is 12.2. The van der Waals surface area contributed by atoms with Crippen molar-refractivity contribution in [3.63, 3.8) is 0 Å². The van der Waals surface area contributed by atoms with Crippen LogP contribution in [0.4, 0.5) is 5.69 Å². The van der Waals surface area contributed by atoms with Crippen LogP contribution in [-0.2, 0) is 4.79 Å². The lowest BCUT2D eigenvalue weighted by atomic mass is 9.99. The fourth-order valence-corrected chi connectivity index (χ4v) is 4.13. The molecule has 1 aliphatic carbocycles. The Labute approximate surface area is 126 Å². The summed E-state index contributed by atoms with van der Waals surface area (Å²) in [6.45, 7) is 0. The Balaban J connectivity index is 1.74. The number of hydrogen-bond acceptors (Lipinski definition) is 2. The van der Waals surface area contributed by atoms with Gasteiger partial charge in [0.25, 0.3) is 5.91 Å². The number of halogens is 2. The third kappa shape index (κ3) is 1.49. The largest absolute Gasteiger partial charge is 0.327 e. The standard InChI is InChI=1S/C14H13Cl2N3O/c15-10-4-3-9(6-11(10)16)19-13(20)12-7-1-2-8(5-7)18(12)14(19)17/h3-4,6-8,12,17H,1-2,5H2/t7-,8+,12-/m1/s1. The number of amides is 1. The summed E-state index contributed by atoms with van der Waals surface area (Å²) in [5.74, 6) is 0.687. The average Bonchev–Trinajstić information content (AvgIpc) is 3.08. The Morgan fingerprint density at radius 2 is 2.00 bits per heavy atom. The first kappa shape index (κ1) is 12.5. The van der Waals surface area contributed by atoms with Crippen molar-refractivity contribution in [2.45, 2.75) is 31.3 Å². The summed E-state index contributed by atoms with van der Waals surface area (Å²) in [6, 6.07) is 5.27. The number of nitrogens with one attached hydrogen (secondary N) is 1. The molecule has 3 fully saturated rings. The third-order valence-corrected chi connectivity index (χ3v) is 5.42. The number of carbonyl (C=O) groups excluding carboxylic acids is 1. The SMILES string of the molecule is N=C1N(c2ccc(Cl)c(Cl)c2)C(=O)[C@H]2[C@@H]3CC[C@@H](C3)N12. The van der Waals surface area contributed by atoms with E-state index in [0.717, 1.165) is 19.3 Å². The highest BCUT2D eigenvalue weighted by atomic mass is 35.5. The van der Waals surface area contributed by atoms with Gasteiger partial charge in [-0.3, -0.25) is 10.2 Å². The van der Waals surface area contributed by atoms with Gasteiger partial charge < -0.3 is 4.90 Å². The highest BCUT2D eigenvalue weighted by molar-refractivity contribution is 6.42. The van der Waals surface area contributed by atoms with E-state index < -0.39 is 0 Å². The van der Waals surface area contributed by atoms with Crippen LogP contribution in [-0.4, -0.2) is 28.9 Å². The summed E-state index contributed by atoms with van der Waals surface area (Å²) in [4.78, 5) is 16.1. The van der Waals surface area contributed by atoms with Crippen molar-refractivity contribution in [2.24, 2.45) is 5.92 Å². The van der Waals surface area contributed by atoms with E-state index in [1.165, 1.54) is 4.90 Å². The minimum absolute atomic E-state index is 0.000545. The first-order chi connectivity index (χ1) is 9.58. The monoisotopic (exact) mass is 309 g/mol. The summed E-state index contributed by atoms with van der Waals surface area (Å²) >= 11 is 11.9. The summed E-state index contributed by atoms with van der Waals surface area (Å²) in [5.41, 5.74) is 0.628. The molecule has 2 saturated heterocycles. The van der Waals surface area contributed by atoms with Gasteiger partial charge >= 0.3 is 0 Å². The number of fused-ring (bicyclic) bond motifs is 5. The number of benzene rings is 1. The molecule has 1 N–H and O–H groups in total. The molecule has 1 saturated carbocycles. The predicted octanol–water partition coefficient (Wildman–Crippen LogP) is 3.13. The zero-order chi connectivity index (χ0) is 14.0. The predicted molar refractivity (Wildman–Crippen MR) is 78.4 cm³/mol. The first-order valence-corrected chi connectivity index (χ1v) is 7.49. The number of nitrogens with zero attached hydrogens (tertiary/aromatic N) is 2. The second-order valence-corrected chi connectivity index (χ2v) is 6.49. The van der Waals surface area contributed by atoms with Gasteiger partial charge in [-0.1, -0.05) is 23.2 Å². The average molecular weight is 310 g/mol. The maximum Gasteiger partial charge on any atom is 0.256 e. The lowest BCUT2D eigenvalue weighted by Gasteiger charge is -2.27. The van der Waals surface area contributed by atoms with Crippen LogP contribution in [0, 0.1) is 11.3 Å². The van der Waals surface area contributed by atoms with Crippen LogP contribution >= 0.6 is 23.2 Å². The Morgan fingerprint density at radius 3 is 2.70 bits per heavy atom. The van der Waals surface area contributed by atoms with Gasteiger partial charge in [-0.25, -0.2) is 4.90 Å². The van der Waals surface area contributed by atoms with Crippen molar-refractivity contribution >= 4 is 40.8 Å². The molecule has 6 heteroatoms. The van der Waals surface area contributed by atoms with Crippen molar-refractivity contribution in [2.75, 3.05) is 4.90 Å². The van der Waals surface area contributed by atoms with Crippen LogP contribution in [0.5, 0.6) is 0 Å². The quantitative estimate of drug-likeness (QED) is 0.866. The molecule has 3 atom stereocenters. The first-order valence-electron chi connectivity index (χ1n) is 6.74. The molecule has 0 spiro atoms. The summed E-state index contributed by atoms with van der Waals surface area (Å²) < 4.78 is 0. The lowest BCUT2D eigenvalue weighted by Crippen LogP contribution is -2.40. The Hall–Kier alpha value is -1.26. The van der Waals surface area contributed by atoms with Gasteiger partial charge in [0.15, 0.2) is 0 Å². The second kappa shape index (κ2) is 4.12. The van der Waals surface area contributed by atoms with Crippen LogP contribution in [0.15, 0.2) is 18.2 Å². The van der Waals surface area contributed by atoms with Gasteiger partial charge in [0.1, 0.15) is 6.04 Å². The molecule has 2 bridgehead atoms. The van der Waals surface area contributed by atoms with Crippen molar-refractivity contribution in [1.29, 1.82) is 5.41 Å². The van der Waals surface area contributed by atoms with Gasteiger partial charge in [0.05, 0.1) is 15.7 Å². The van der Waals surface area contributed by atoms with Crippen molar-refractivity contribution in [3.05, 3.63) is 28.2 Å². The maximum atomic E-state index is 12.7. The second-order valence-electron chi connectivity index (χ2n) is 5.67. The molecule has 0 aromatic heterocycles. The number of guanidine groups is 1. The van der Waals surface area contributed by atoms with Crippen LogP contribution in [0.25, 0.3) is 0 Å². The van der Waals surface area contributed by atoms with Crippen LogP contribution < -0.4 is 4.90 Å². The molecular weight excluding hydrogens is 297 g/mol. The number of anilines is 1. The smallest absolute Gasteiger partial charge is 0.256 e. The third-order valence-electron chi connectivity index (χ3n) is 4.68. The molecule has 0 radical (unpaired) electrons. The molecule has 4 nitrogen and oxygen atoms in total. The normalized spacial score (nSPS) is 31.4. The molecule has 20 heavy (non-hydrogen) atoms. The summed E-state index contributed by atoms with van der Waals surface area (Å²) in [5, 5.41) is 9.19. The van der Waals surface area contributed by atoms with Crippen LogP contribution in [0.1, 0.15) is 19.3 Å². The van der Waals surface area contributed by atoms with Crippen molar-refractivity contribution in [1.82, 2.24) is 4.90 Å². The molecule has 104 valence electrons.